The highest BCUT2D eigenvalue weighted by atomic mass is 16.6. The second kappa shape index (κ2) is 9.53. The lowest BCUT2D eigenvalue weighted by molar-refractivity contribution is -0.175. The third-order valence-electron chi connectivity index (χ3n) is 9.37. The number of aromatic hydroxyl groups is 1. The van der Waals surface area contributed by atoms with Crippen molar-refractivity contribution < 1.29 is 34.0 Å². The van der Waals surface area contributed by atoms with Crippen molar-refractivity contribution in [2.75, 3.05) is 26.7 Å². The van der Waals surface area contributed by atoms with Crippen molar-refractivity contribution in [3.8, 4) is 11.5 Å². The molecule has 39 heavy (non-hydrogen) atoms. The van der Waals surface area contributed by atoms with Crippen molar-refractivity contribution in [3.05, 3.63) is 47.4 Å². The summed E-state index contributed by atoms with van der Waals surface area (Å²) >= 11 is 0. The van der Waals surface area contributed by atoms with Gasteiger partial charge >= 0.3 is 11.9 Å². The number of ether oxygens (including phenoxy) is 3. The van der Waals surface area contributed by atoms with Crippen LogP contribution in [0, 0.1) is 0 Å². The van der Waals surface area contributed by atoms with Crippen molar-refractivity contribution >= 4 is 11.9 Å². The zero-order valence-corrected chi connectivity index (χ0v) is 22.5. The molecule has 2 fully saturated rings. The number of aliphatic hydroxyl groups is 1. The first kappa shape index (κ1) is 26.2. The SMILES string of the molecule is C=C(NCCC(=O)O[C@@H](C)C(=O)OC1=CC[C@@]2(O)[C@H]3Cc4ccc(O)c5c4[C@@]2(CCN3C)[C@H]1O5)[C@@H]1CCCN1. The Morgan fingerprint density at radius 1 is 1.38 bits per heavy atom. The summed E-state index contributed by atoms with van der Waals surface area (Å²) in [7, 11) is 2.01. The van der Waals surface area contributed by atoms with E-state index in [0.717, 1.165) is 42.8 Å². The highest BCUT2D eigenvalue weighted by molar-refractivity contribution is 5.80. The average Bonchev–Trinajstić information content (AvgIpc) is 3.56. The van der Waals surface area contributed by atoms with Crippen LogP contribution in [0.2, 0.25) is 0 Å². The Bertz CT molecular complexity index is 1240. The molecule has 0 saturated carbocycles. The van der Waals surface area contributed by atoms with E-state index in [4.69, 9.17) is 14.2 Å². The molecule has 10 heteroatoms. The van der Waals surface area contributed by atoms with Gasteiger partial charge in [0.05, 0.1) is 17.4 Å². The Labute approximate surface area is 228 Å². The van der Waals surface area contributed by atoms with Crippen molar-refractivity contribution in [1.82, 2.24) is 15.5 Å². The van der Waals surface area contributed by atoms with E-state index >= 15 is 0 Å². The molecule has 3 heterocycles. The predicted molar refractivity (Wildman–Crippen MR) is 141 cm³/mol. The molecule has 1 aromatic rings. The molecule has 0 aromatic heterocycles. The van der Waals surface area contributed by atoms with Crippen molar-refractivity contribution in [3.63, 3.8) is 0 Å². The van der Waals surface area contributed by atoms with E-state index in [2.05, 4.69) is 22.1 Å². The van der Waals surface area contributed by atoms with Gasteiger partial charge in [-0.05, 0) is 70.5 Å². The number of benzene rings is 1. The zero-order chi connectivity index (χ0) is 27.5. The Morgan fingerprint density at radius 3 is 2.97 bits per heavy atom. The van der Waals surface area contributed by atoms with Crippen LogP contribution < -0.4 is 15.4 Å². The average molecular weight is 540 g/mol. The third-order valence-corrected chi connectivity index (χ3v) is 9.37. The number of likely N-dealkylation sites (N-methyl/N-ethyl adjacent to an activating group) is 1. The molecule has 2 aliphatic carbocycles. The summed E-state index contributed by atoms with van der Waals surface area (Å²) in [6, 6.07) is 3.59. The second-order valence-electron chi connectivity index (χ2n) is 11.5. The molecule has 6 atom stereocenters. The smallest absolute Gasteiger partial charge is 0.352 e. The summed E-state index contributed by atoms with van der Waals surface area (Å²) in [5.41, 5.74) is 0.708. The molecule has 4 N–H and O–H groups in total. The van der Waals surface area contributed by atoms with Gasteiger partial charge in [-0.15, -0.1) is 0 Å². The maximum Gasteiger partial charge on any atom is 0.352 e. The van der Waals surface area contributed by atoms with E-state index in [1.165, 1.54) is 6.92 Å². The van der Waals surface area contributed by atoms with Crippen molar-refractivity contribution in [2.45, 2.75) is 80.8 Å². The molecule has 5 aliphatic rings. The van der Waals surface area contributed by atoms with E-state index in [1.54, 1.807) is 12.1 Å². The highest BCUT2D eigenvalue weighted by Gasteiger charge is 2.72. The number of esters is 2. The van der Waals surface area contributed by atoms with Crippen molar-refractivity contribution in [2.24, 2.45) is 0 Å². The maximum atomic E-state index is 13.0. The van der Waals surface area contributed by atoms with Crippen molar-refractivity contribution in [1.29, 1.82) is 0 Å². The van der Waals surface area contributed by atoms with E-state index in [1.807, 2.05) is 13.1 Å². The van der Waals surface area contributed by atoms with Crippen LogP contribution in [-0.2, 0) is 30.9 Å². The number of hydrogen-bond donors (Lipinski definition) is 4. The van der Waals surface area contributed by atoms with Gasteiger partial charge in [0.25, 0.3) is 0 Å². The minimum absolute atomic E-state index is 0.00484. The maximum absolute atomic E-state index is 13.0. The molecule has 6 rings (SSSR count). The molecule has 210 valence electrons. The highest BCUT2D eigenvalue weighted by Crippen LogP contribution is 2.65. The summed E-state index contributed by atoms with van der Waals surface area (Å²) in [5, 5.41) is 29.3. The number of nitrogens with one attached hydrogen (secondary N) is 2. The lowest BCUT2D eigenvalue weighted by atomic mass is 9.50. The first-order chi connectivity index (χ1) is 18.7. The fourth-order valence-electron chi connectivity index (χ4n) is 7.37. The monoisotopic (exact) mass is 539 g/mol. The van der Waals surface area contributed by atoms with Gasteiger partial charge in [0.1, 0.15) is 5.76 Å². The fraction of sp³-hybridized carbons (Fsp3) is 0.586. The van der Waals surface area contributed by atoms with Gasteiger partial charge in [-0.25, -0.2) is 4.79 Å². The number of piperidine rings is 1. The van der Waals surface area contributed by atoms with Gasteiger partial charge < -0.3 is 40.0 Å². The summed E-state index contributed by atoms with van der Waals surface area (Å²) < 4.78 is 17.4. The van der Waals surface area contributed by atoms with Gasteiger partial charge in [-0.2, -0.15) is 0 Å². The van der Waals surface area contributed by atoms with Crippen LogP contribution in [-0.4, -0.2) is 83.6 Å². The van der Waals surface area contributed by atoms with Gasteiger partial charge in [0.2, 0.25) is 0 Å². The van der Waals surface area contributed by atoms with Crippen LogP contribution in [0.3, 0.4) is 0 Å². The summed E-state index contributed by atoms with van der Waals surface area (Å²) in [6.07, 6.45) is 3.51. The van der Waals surface area contributed by atoms with Crippen LogP contribution in [0.1, 0.15) is 50.2 Å². The van der Waals surface area contributed by atoms with Crippen LogP contribution in [0.25, 0.3) is 0 Å². The molecule has 2 bridgehead atoms. The van der Waals surface area contributed by atoms with Crippen LogP contribution in [0.5, 0.6) is 11.5 Å². The van der Waals surface area contributed by atoms with E-state index < -0.39 is 35.2 Å². The Morgan fingerprint density at radius 2 is 2.21 bits per heavy atom. The number of phenols is 1. The molecule has 2 saturated heterocycles. The standard InChI is InChI=1S/C29H37N3O7/c1-16(19-5-4-12-31-19)30-13-9-23(34)37-17(2)27(35)38-21-8-10-29(36)22-15-18-6-7-20(33)25-24(18)28(29,26(21)39-25)11-14-32(22)3/h6-8,17,19,22,26,30-31,33,36H,1,4-5,9-15H2,2-3H3/t17-,19-,22+,26-,28-,29+/m0/s1. The molecule has 1 spiro atoms. The first-order valence-corrected chi connectivity index (χ1v) is 13.9. The number of nitrogens with zero attached hydrogens (tertiary/aromatic N) is 1. The topological polar surface area (TPSA) is 130 Å². The summed E-state index contributed by atoms with van der Waals surface area (Å²) in [4.78, 5) is 27.6. The number of rotatable bonds is 8. The molecule has 3 aliphatic heterocycles. The number of phenolic OH excluding ortho intramolecular Hbond substituents is 1. The van der Waals surface area contributed by atoms with Crippen LogP contribution in [0.15, 0.2) is 36.2 Å². The van der Waals surface area contributed by atoms with Crippen LogP contribution >= 0.6 is 0 Å². The molecule has 0 radical (unpaired) electrons. The predicted octanol–water partition coefficient (Wildman–Crippen LogP) is 1.39. The van der Waals surface area contributed by atoms with Gasteiger partial charge in [0, 0.05) is 36.3 Å². The Hall–Kier alpha value is -3.08. The molecule has 10 nitrogen and oxygen atoms in total. The van der Waals surface area contributed by atoms with Gasteiger partial charge in [-0.3, -0.25) is 4.79 Å². The third kappa shape index (κ3) is 3.95. The molecule has 0 amide bonds. The second-order valence-corrected chi connectivity index (χ2v) is 11.5. The number of carbonyl (C=O) groups excluding carboxylic acids is 2. The molecule has 0 unspecified atom stereocenters. The van der Waals surface area contributed by atoms with Gasteiger partial charge in [0.15, 0.2) is 23.7 Å². The number of likely N-dealkylation sites (tertiary alicyclic amines) is 1. The Kier molecular flexibility index (Phi) is 6.39. The minimum Gasteiger partial charge on any atom is -0.504 e. The quantitative estimate of drug-likeness (QED) is 0.360. The number of carbonyl (C=O) groups is 2. The lowest BCUT2D eigenvalue weighted by Gasteiger charge is -2.61. The van der Waals surface area contributed by atoms with E-state index in [-0.39, 0.29) is 36.4 Å². The lowest BCUT2D eigenvalue weighted by Crippen LogP contribution is -2.74. The van der Waals surface area contributed by atoms with Crippen LogP contribution in [0.4, 0.5) is 0 Å². The normalized spacial score (nSPS) is 32.9. The largest absolute Gasteiger partial charge is 0.504 e. The molecular weight excluding hydrogens is 502 g/mol. The fourth-order valence-corrected chi connectivity index (χ4v) is 7.37. The molecule has 1 aromatic carbocycles. The van der Waals surface area contributed by atoms with Gasteiger partial charge in [-0.1, -0.05) is 12.6 Å². The first-order valence-electron chi connectivity index (χ1n) is 13.9. The summed E-state index contributed by atoms with van der Waals surface area (Å²) in [5.74, 6) is -0.599. The zero-order valence-electron chi connectivity index (χ0n) is 22.5. The number of hydrogen-bond acceptors (Lipinski definition) is 10. The van der Waals surface area contributed by atoms with E-state index in [0.29, 0.717) is 25.1 Å². The minimum atomic E-state index is -1.14. The summed E-state index contributed by atoms with van der Waals surface area (Å²) in [6.45, 7) is 7.56. The van der Waals surface area contributed by atoms with E-state index in [9.17, 15) is 19.8 Å². The Balaban J connectivity index is 1.14. The molecular formula is C29H37N3O7.